The largest absolute Gasteiger partial charge is 0.444 e. The molecule has 0 aromatic carbocycles. The second-order valence-electron chi connectivity index (χ2n) is 6.40. The van der Waals surface area contributed by atoms with Crippen LogP contribution in [0.4, 0.5) is 8.68 Å². The highest BCUT2D eigenvalue weighted by Crippen LogP contribution is 2.19. The molecule has 0 spiro atoms. The Morgan fingerprint density at radius 3 is 1.95 bits per heavy atom. The van der Waals surface area contributed by atoms with Crippen LogP contribution in [0.5, 0.6) is 0 Å². The summed E-state index contributed by atoms with van der Waals surface area (Å²) in [6.45, 7) is 10.8. The average Bonchev–Trinajstić information content (AvgIpc) is 2.04. The number of amides is 1. The maximum atomic E-state index is 12.4. The Labute approximate surface area is 115 Å². The fourth-order valence-electron chi connectivity index (χ4n) is 1.41. The molecule has 0 unspecified atom stereocenters. The number of halogens is 1. The monoisotopic (exact) mass is 297 g/mol. The Kier molecular flexibility index (Phi) is 5.80. The molecule has 114 valence electrons. The lowest BCUT2D eigenvalue weighted by molar-refractivity contribution is 0.00636. The van der Waals surface area contributed by atoms with Gasteiger partial charge < -0.3 is 9.64 Å². The van der Waals surface area contributed by atoms with E-state index < -0.39 is 33.2 Å². The Morgan fingerprint density at radius 1 is 1.16 bits per heavy atom. The highest BCUT2D eigenvalue weighted by atomic mass is 32.3. The van der Waals surface area contributed by atoms with Gasteiger partial charge in [0.25, 0.3) is 0 Å². The quantitative estimate of drug-likeness (QED) is 0.748. The van der Waals surface area contributed by atoms with Gasteiger partial charge in [-0.25, -0.2) is 4.79 Å². The van der Waals surface area contributed by atoms with Crippen molar-refractivity contribution in [3.8, 4) is 0 Å². The van der Waals surface area contributed by atoms with Crippen LogP contribution in [0.15, 0.2) is 0 Å². The Morgan fingerprint density at radius 2 is 1.63 bits per heavy atom. The van der Waals surface area contributed by atoms with Crippen molar-refractivity contribution >= 4 is 16.3 Å². The van der Waals surface area contributed by atoms with E-state index in [0.29, 0.717) is 0 Å². The SMILES string of the molecule is CC(C)(C)OC(=O)N(CCCS(=O)(=O)F)C(C)(C)C. The van der Waals surface area contributed by atoms with Crippen LogP contribution < -0.4 is 0 Å². The number of hydrogen-bond acceptors (Lipinski definition) is 4. The van der Waals surface area contributed by atoms with Crippen LogP contribution in [0.3, 0.4) is 0 Å². The lowest BCUT2D eigenvalue weighted by Crippen LogP contribution is -2.48. The number of ether oxygens (including phenoxy) is 1. The highest BCUT2D eigenvalue weighted by Gasteiger charge is 2.30. The second kappa shape index (κ2) is 6.07. The first-order valence-electron chi connectivity index (χ1n) is 6.15. The van der Waals surface area contributed by atoms with Crippen molar-refractivity contribution in [3.63, 3.8) is 0 Å². The van der Waals surface area contributed by atoms with Crippen LogP contribution in [-0.4, -0.2) is 42.8 Å². The molecule has 0 aromatic heterocycles. The molecule has 0 aliphatic heterocycles. The molecule has 5 nitrogen and oxygen atoms in total. The predicted octanol–water partition coefficient (Wildman–Crippen LogP) is 2.71. The van der Waals surface area contributed by atoms with E-state index in [4.69, 9.17) is 4.74 Å². The molecule has 0 aliphatic rings. The molecule has 1 amide bonds. The summed E-state index contributed by atoms with van der Waals surface area (Å²) in [5, 5.41) is 0. The molecule has 0 rings (SSSR count). The highest BCUT2D eigenvalue weighted by molar-refractivity contribution is 7.86. The van der Waals surface area contributed by atoms with Gasteiger partial charge in [0.1, 0.15) is 5.60 Å². The summed E-state index contributed by atoms with van der Waals surface area (Å²) in [7, 11) is -4.50. The van der Waals surface area contributed by atoms with Crippen molar-refractivity contribution in [2.45, 2.75) is 59.1 Å². The van der Waals surface area contributed by atoms with Crippen LogP contribution in [-0.2, 0) is 15.0 Å². The maximum Gasteiger partial charge on any atom is 0.410 e. The van der Waals surface area contributed by atoms with Gasteiger partial charge in [0, 0.05) is 12.1 Å². The molecule has 0 saturated carbocycles. The molecule has 19 heavy (non-hydrogen) atoms. The summed E-state index contributed by atoms with van der Waals surface area (Å²) in [5.41, 5.74) is -1.16. The zero-order chi connectivity index (χ0) is 15.5. The number of carbonyl (C=O) groups is 1. The summed E-state index contributed by atoms with van der Waals surface area (Å²) < 4.78 is 38.6. The maximum absolute atomic E-state index is 12.4. The van der Waals surface area contributed by atoms with Gasteiger partial charge in [0.15, 0.2) is 0 Å². The summed E-state index contributed by atoms with van der Waals surface area (Å²) in [6.07, 6.45) is -0.494. The number of nitrogens with zero attached hydrogens (tertiary/aromatic N) is 1. The van der Waals surface area contributed by atoms with Crippen molar-refractivity contribution in [1.29, 1.82) is 0 Å². The van der Waals surface area contributed by atoms with Crippen molar-refractivity contribution < 1.29 is 21.8 Å². The van der Waals surface area contributed by atoms with Crippen LogP contribution in [0, 0.1) is 0 Å². The fourth-order valence-corrected chi connectivity index (χ4v) is 1.89. The minimum absolute atomic E-state index is 0.0370. The van der Waals surface area contributed by atoms with E-state index in [1.807, 2.05) is 0 Å². The summed E-state index contributed by atoms with van der Waals surface area (Å²) >= 11 is 0. The van der Waals surface area contributed by atoms with Crippen LogP contribution in [0.25, 0.3) is 0 Å². The van der Waals surface area contributed by atoms with E-state index in [-0.39, 0.29) is 13.0 Å². The minimum atomic E-state index is -4.50. The van der Waals surface area contributed by atoms with Gasteiger partial charge in [-0.15, -0.1) is 3.89 Å². The third kappa shape index (κ3) is 8.80. The summed E-state index contributed by atoms with van der Waals surface area (Å²) in [5.74, 6) is -0.595. The second-order valence-corrected chi connectivity index (χ2v) is 7.89. The molecule has 0 atom stereocenters. The molecular weight excluding hydrogens is 273 g/mol. The lowest BCUT2D eigenvalue weighted by Gasteiger charge is -2.36. The van der Waals surface area contributed by atoms with Gasteiger partial charge in [0.2, 0.25) is 0 Å². The topological polar surface area (TPSA) is 63.7 Å². The minimum Gasteiger partial charge on any atom is -0.444 e. The number of rotatable bonds is 4. The molecule has 0 heterocycles. The number of hydrogen-bond donors (Lipinski definition) is 0. The van der Waals surface area contributed by atoms with Gasteiger partial charge in [-0.1, -0.05) is 0 Å². The first-order chi connectivity index (χ1) is 8.22. The third-order valence-corrected chi connectivity index (χ3v) is 2.97. The molecule has 0 aliphatic carbocycles. The molecule has 0 fully saturated rings. The number of carbonyl (C=O) groups excluding carboxylic acids is 1. The molecular formula is C12H24FNO4S. The van der Waals surface area contributed by atoms with Gasteiger partial charge in [-0.2, -0.15) is 8.42 Å². The van der Waals surface area contributed by atoms with Crippen LogP contribution in [0.1, 0.15) is 48.0 Å². The van der Waals surface area contributed by atoms with Gasteiger partial charge in [-0.3, -0.25) is 0 Å². The first kappa shape index (κ1) is 18.1. The van der Waals surface area contributed by atoms with E-state index in [1.165, 1.54) is 4.90 Å². The fraction of sp³-hybridized carbons (Fsp3) is 0.917. The Balaban J connectivity index is 4.71. The molecule has 0 saturated heterocycles. The van der Waals surface area contributed by atoms with Gasteiger partial charge in [0.05, 0.1) is 5.75 Å². The van der Waals surface area contributed by atoms with Crippen molar-refractivity contribution in [3.05, 3.63) is 0 Å². The van der Waals surface area contributed by atoms with Crippen molar-refractivity contribution in [1.82, 2.24) is 4.90 Å². The van der Waals surface area contributed by atoms with E-state index in [9.17, 15) is 17.1 Å². The van der Waals surface area contributed by atoms with E-state index in [1.54, 1.807) is 41.5 Å². The zero-order valence-electron chi connectivity index (χ0n) is 12.5. The van der Waals surface area contributed by atoms with Crippen molar-refractivity contribution in [2.75, 3.05) is 12.3 Å². The summed E-state index contributed by atoms with van der Waals surface area (Å²) in [6, 6.07) is 0. The standard InChI is InChI=1S/C12H24FNO4S/c1-11(2,3)14(8-7-9-19(13,16)17)10(15)18-12(4,5)6/h7-9H2,1-6H3. The molecule has 7 heteroatoms. The lowest BCUT2D eigenvalue weighted by atomic mass is 10.1. The van der Waals surface area contributed by atoms with E-state index >= 15 is 0 Å². The summed E-state index contributed by atoms with van der Waals surface area (Å²) in [4.78, 5) is 13.4. The molecule has 0 bridgehead atoms. The van der Waals surface area contributed by atoms with Crippen LogP contribution in [0.2, 0.25) is 0 Å². The zero-order valence-corrected chi connectivity index (χ0v) is 13.3. The van der Waals surface area contributed by atoms with Crippen molar-refractivity contribution in [2.24, 2.45) is 0 Å². The van der Waals surface area contributed by atoms with E-state index in [2.05, 4.69) is 0 Å². The van der Waals surface area contributed by atoms with Gasteiger partial charge >= 0.3 is 16.3 Å². The molecule has 0 aromatic rings. The first-order valence-corrected chi connectivity index (χ1v) is 7.70. The molecule has 0 N–H and O–H groups in total. The Bertz CT molecular complexity index is 406. The molecule has 0 radical (unpaired) electrons. The van der Waals surface area contributed by atoms with E-state index in [0.717, 1.165) is 0 Å². The predicted molar refractivity (Wildman–Crippen MR) is 72.2 cm³/mol. The van der Waals surface area contributed by atoms with Gasteiger partial charge in [-0.05, 0) is 48.0 Å². The smallest absolute Gasteiger partial charge is 0.410 e. The Hall–Kier alpha value is -0.850. The average molecular weight is 297 g/mol. The normalized spacial score (nSPS) is 13.2. The third-order valence-electron chi connectivity index (χ3n) is 2.19. The van der Waals surface area contributed by atoms with Crippen LogP contribution >= 0.6 is 0 Å².